The normalized spacial score (nSPS) is 16.6. The summed E-state index contributed by atoms with van der Waals surface area (Å²) in [4.78, 5) is 36.6. The maximum atomic E-state index is 12.8. The predicted octanol–water partition coefficient (Wildman–Crippen LogP) is 3.46. The van der Waals surface area contributed by atoms with Crippen molar-refractivity contribution in [3.05, 3.63) is 71.8 Å². The molecule has 3 aliphatic heterocycles. The van der Waals surface area contributed by atoms with Gasteiger partial charge in [0.05, 0.1) is 5.75 Å². The molecule has 45 heavy (non-hydrogen) atoms. The average molecular weight is 650 g/mol. The first-order valence-electron chi connectivity index (χ1n) is 13.7. The lowest BCUT2D eigenvalue weighted by Crippen LogP contribution is -2.32. The van der Waals surface area contributed by atoms with Gasteiger partial charge in [-0.1, -0.05) is 24.3 Å². The molecule has 0 radical (unpaired) electrons. The van der Waals surface area contributed by atoms with Crippen molar-refractivity contribution in [1.82, 2.24) is 25.0 Å². The first kappa shape index (κ1) is 33.0. The SMILES string of the molecule is O=C1CCCCNC(=O)c2ccc(cc2)Nc2nc(nc(OCC(F)(F)F)n2)NCc2ccc(cc2)OCC=CCS(=O)(=O)N1. The van der Waals surface area contributed by atoms with Crippen LogP contribution in [-0.2, 0) is 21.4 Å². The molecule has 3 aliphatic rings. The number of hydrogen-bond acceptors (Lipinski definition) is 11. The van der Waals surface area contributed by atoms with Crippen LogP contribution in [0, 0.1) is 0 Å². The second-order valence-corrected chi connectivity index (χ2v) is 11.4. The van der Waals surface area contributed by atoms with Crippen LogP contribution in [0.15, 0.2) is 60.7 Å². The number of rotatable bonds is 2. The Kier molecular flexibility index (Phi) is 11.1. The number of nitrogens with zero attached hydrogens (tertiary/aromatic N) is 3. The van der Waals surface area contributed by atoms with Crippen molar-refractivity contribution in [2.24, 2.45) is 0 Å². The Morgan fingerprint density at radius 2 is 1.62 bits per heavy atom. The third-order valence-corrected chi connectivity index (χ3v) is 7.14. The van der Waals surface area contributed by atoms with Gasteiger partial charge < -0.3 is 25.4 Å². The van der Waals surface area contributed by atoms with Crippen molar-refractivity contribution in [3.8, 4) is 11.8 Å². The zero-order chi connectivity index (χ0) is 32.3. The summed E-state index contributed by atoms with van der Waals surface area (Å²) >= 11 is 0. The quantitative estimate of drug-likeness (QED) is 0.300. The Labute approximate surface area is 256 Å². The summed E-state index contributed by atoms with van der Waals surface area (Å²) in [6.45, 7) is -1.07. The Morgan fingerprint density at radius 3 is 2.36 bits per heavy atom. The molecule has 0 saturated carbocycles. The van der Waals surface area contributed by atoms with E-state index >= 15 is 0 Å². The van der Waals surface area contributed by atoms with E-state index in [1.807, 2.05) is 4.72 Å². The molecule has 2 aromatic carbocycles. The number of fused-ring (bicyclic) bond motifs is 2. The van der Waals surface area contributed by atoms with Gasteiger partial charge in [0.2, 0.25) is 27.8 Å². The van der Waals surface area contributed by atoms with Gasteiger partial charge in [0, 0.05) is 30.8 Å². The first-order valence-corrected chi connectivity index (χ1v) is 15.3. The van der Waals surface area contributed by atoms with E-state index in [0.717, 1.165) is 5.56 Å². The van der Waals surface area contributed by atoms with Crippen LogP contribution in [0.2, 0.25) is 0 Å². The fourth-order valence-corrected chi connectivity index (χ4v) is 4.73. The number of carbonyl (C=O) groups excluding carboxylic acids is 2. The van der Waals surface area contributed by atoms with Crippen LogP contribution in [0.3, 0.4) is 0 Å². The molecule has 1 aromatic heterocycles. The molecule has 4 N–H and O–H groups in total. The lowest BCUT2D eigenvalue weighted by molar-refractivity contribution is -0.154. The number of sulfonamides is 1. The molecule has 0 atom stereocenters. The Hall–Kier alpha value is -4.93. The fraction of sp³-hybridized carbons (Fsp3) is 0.321. The third-order valence-electron chi connectivity index (χ3n) is 5.97. The molecule has 0 fully saturated rings. The molecule has 6 bridgehead atoms. The highest BCUT2D eigenvalue weighted by atomic mass is 32.2. The Bertz CT molecular complexity index is 1600. The zero-order valence-corrected chi connectivity index (χ0v) is 24.6. The monoisotopic (exact) mass is 649 g/mol. The van der Waals surface area contributed by atoms with E-state index in [1.165, 1.54) is 24.3 Å². The van der Waals surface area contributed by atoms with Crippen LogP contribution in [-0.4, -0.2) is 66.9 Å². The van der Waals surface area contributed by atoms with Gasteiger partial charge in [0.1, 0.15) is 12.4 Å². The Morgan fingerprint density at radius 1 is 0.889 bits per heavy atom. The molecule has 240 valence electrons. The smallest absolute Gasteiger partial charge is 0.422 e. The van der Waals surface area contributed by atoms with Crippen LogP contribution >= 0.6 is 0 Å². The number of amides is 2. The number of nitrogens with one attached hydrogen (secondary N) is 4. The standard InChI is InChI=1S/C28H30F3N7O6S/c29-28(30,31)18-44-27-36-25-33-17-19-6-12-22(13-7-19)43-15-3-4-16-45(41,42)38-23(39)5-1-2-14-32-24(40)20-8-10-21(11-9-20)34-26(35-25)37-27/h3-4,6-13H,1-2,5,14-18H2,(H,32,40)(H,38,39)(H2,33,34,35,36,37). The van der Waals surface area contributed by atoms with Crippen LogP contribution in [0.1, 0.15) is 35.2 Å². The lowest BCUT2D eigenvalue weighted by Gasteiger charge is -2.12. The summed E-state index contributed by atoms with van der Waals surface area (Å²) in [5.41, 5.74) is 1.52. The second-order valence-electron chi connectivity index (χ2n) is 9.67. The molecule has 0 saturated heterocycles. The summed E-state index contributed by atoms with van der Waals surface area (Å²) in [6.07, 6.45) is -0.971. The third kappa shape index (κ3) is 11.6. The summed E-state index contributed by atoms with van der Waals surface area (Å²) in [6, 6.07) is 12.4. The van der Waals surface area contributed by atoms with E-state index in [0.29, 0.717) is 29.8 Å². The molecule has 0 aliphatic carbocycles. The molecular formula is C28H30F3N7O6S. The van der Waals surface area contributed by atoms with Crippen LogP contribution in [0.4, 0.5) is 30.8 Å². The molecular weight excluding hydrogens is 619 g/mol. The number of benzene rings is 2. The molecule has 0 spiro atoms. The number of hydrogen-bond donors (Lipinski definition) is 4. The molecule has 4 heterocycles. The molecule has 6 rings (SSSR count). The fourth-order valence-electron chi connectivity index (χ4n) is 3.81. The van der Waals surface area contributed by atoms with Crippen molar-refractivity contribution in [2.75, 3.05) is 36.1 Å². The summed E-state index contributed by atoms with van der Waals surface area (Å²) in [5.74, 6) is -1.06. The minimum absolute atomic E-state index is 0.0322. The number of ether oxygens (including phenoxy) is 2. The predicted molar refractivity (Wildman–Crippen MR) is 158 cm³/mol. The van der Waals surface area contributed by atoms with Gasteiger partial charge in [-0.25, -0.2) is 8.42 Å². The largest absolute Gasteiger partial charge is 0.490 e. The number of carbonyl (C=O) groups is 2. The van der Waals surface area contributed by atoms with Gasteiger partial charge >= 0.3 is 12.2 Å². The Balaban J connectivity index is 1.52. The van der Waals surface area contributed by atoms with E-state index in [2.05, 4.69) is 30.9 Å². The molecule has 17 heteroatoms. The van der Waals surface area contributed by atoms with Crippen molar-refractivity contribution in [3.63, 3.8) is 0 Å². The maximum Gasteiger partial charge on any atom is 0.422 e. The van der Waals surface area contributed by atoms with E-state index < -0.39 is 40.5 Å². The lowest BCUT2D eigenvalue weighted by atomic mass is 10.2. The van der Waals surface area contributed by atoms with Crippen molar-refractivity contribution in [1.29, 1.82) is 0 Å². The van der Waals surface area contributed by atoms with E-state index in [9.17, 15) is 31.2 Å². The average Bonchev–Trinajstić information content (AvgIpc) is 2.98. The number of alkyl halides is 3. The van der Waals surface area contributed by atoms with Gasteiger partial charge in [-0.2, -0.15) is 28.1 Å². The van der Waals surface area contributed by atoms with Crippen molar-refractivity contribution < 1.29 is 40.7 Å². The molecule has 0 unspecified atom stereocenters. The maximum absolute atomic E-state index is 12.8. The van der Waals surface area contributed by atoms with E-state index in [1.54, 1.807) is 36.4 Å². The minimum Gasteiger partial charge on any atom is -0.490 e. The van der Waals surface area contributed by atoms with E-state index in [-0.39, 0.29) is 43.9 Å². The van der Waals surface area contributed by atoms with E-state index in [4.69, 9.17) is 9.47 Å². The number of halogens is 3. The molecule has 2 amide bonds. The van der Waals surface area contributed by atoms with Crippen molar-refractivity contribution in [2.45, 2.75) is 32.0 Å². The number of aromatic nitrogens is 3. The minimum atomic E-state index is -4.61. The van der Waals surface area contributed by atoms with Crippen LogP contribution in [0.25, 0.3) is 0 Å². The number of anilines is 3. The first-order chi connectivity index (χ1) is 21.4. The van der Waals surface area contributed by atoms with Gasteiger partial charge in [-0.15, -0.1) is 0 Å². The highest BCUT2D eigenvalue weighted by Crippen LogP contribution is 2.21. The summed E-state index contributed by atoms with van der Waals surface area (Å²) in [5, 5.41) is 8.51. The highest BCUT2D eigenvalue weighted by molar-refractivity contribution is 7.90. The second kappa shape index (κ2) is 15.2. The van der Waals surface area contributed by atoms with Crippen molar-refractivity contribution >= 4 is 39.4 Å². The molecule has 13 nitrogen and oxygen atoms in total. The zero-order valence-electron chi connectivity index (χ0n) is 23.8. The summed E-state index contributed by atoms with van der Waals surface area (Å²) < 4.78 is 75.0. The van der Waals surface area contributed by atoms with Crippen LogP contribution in [0.5, 0.6) is 11.8 Å². The van der Waals surface area contributed by atoms with Gasteiger partial charge in [0.25, 0.3) is 5.91 Å². The molecule has 3 aromatic rings. The topological polar surface area (TPSA) is 174 Å². The van der Waals surface area contributed by atoms with Gasteiger partial charge in [-0.05, 0) is 54.8 Å². The van der Waals surface area contributed by atoms with Gasteiger partial charge in [-0.3, -0.25) is 14.3 Å². The summed E-state index contributed by atoms with van der Waals surface area (Å²) in [7, 11) is -3.86. The van der Waals surface area contributed by atoms with Gasteiger partial charge in [0.15, 0.2) is 6.61 Å². The highest BCUT2D eigenvalue weighted by Gasteiger charge is 2.29. The van der Waals surface area contributed by atoms with Crippen LogP contribution < -0.4 is 30.1 Å².